The van der Waals surface area contributed by atoms with Crippen LogP contribution >= 0.6 is 0 Å². The van der Waals surface area contributed by atoms with Gasteiger partial charge in [0.2, 0.25) is 5.88 Å². The number of hydrogen-bond donors (Lipinski definition) is 1. The van der Waals surface area contributed by atoms with Gasteiger partial charge in [-0.15, -0.1) is 0 Å². The molecule has 88 valence electrons. The minimum atomic E-state index is -0.00377. The Labute approximate surface area is 101 Å². The normalized spacial score (nSPS) is 12.2. The van der Waals surface area contributed by atoms with E-state index in [1.54, 1.807) is 6.20 Å². The molecule has 0 spiro atoms. The van der Waals surface area contributed by atoms with Gasteiger partial charge in [0.05, 0.1) is 0 Å². The van der Waals surface area contributed by atoms with E-state index in [1.165, 1.54) is 5.56 Å². The Bertz CT molecular complexity index is 475. The quantitative estimate of drug-likeness (QED) is 0.877. The van der Waals surface area contributed by atoms with E-state index in [0.29, 0.717) is 5.88 Å². The first kappa shape index (κ1) is 11.6. The van der Waals surface area contributed by atoms with Crippen LogP contribution in [0.25, 0.3) is 0 Å². The number of nitrogens with two attached hydrogens (primary N) is 1. The Morgan fingerprint density at radius 3 is 2.35 bits per heavy atom. The lowest BCUT2D eigenvalue weighted by atomic mass is 10.2. The van der Waals surface area contributed by atoms with Crippen molar-refractivity contribution >= 4 is 0 Å². The summed E-state index contributed by atoms with van der Waals surface area (Å²) >= 11 is 0. The van der Waals surface area contributed by atoms with Crippen molar-refractivity contribution in [1.82, 2.24) is 4.98 Å². The zero-order chi connectivity index (χ0) is 12.3. The summed E-state index contributed by atoms with van der Waals surface area (Å²) < 4.78 is 5.62. The number of ether oxygens (including phenoxy) is 1. The lowest BCUT2D eigenvalue weighted by molar-refractivity contribution is 0.462. The molecule has 0 saturated heterocycles. The van der Waals surface area contributed by atoms with Gasteiger partial charge in [0, 0.05) is 18.3 Å². The van der Waals surface area contributed by atoms with Crippen LogP contribution in [-0.4, -0.2) is 4.98 Å². The van der Waals surface area contributed by atoms with Crippen LogP contribution in [0.3, 0.4) is 0 Å². The van der Waals surface area contributed by atoms with Crippen molar-refractivity contribution in [3.05, 3.63) is 53.7 Å². The van der Waals surface area contributed by atoms with E-state index in [4.69, 9.17) is 10.5 Å². The summed E-state index contributed by atoms with van der Waals surface area (Å²) in [5, 5.41) is 0. The molecule has 0 unspecified atom stereocenters. The molecule has 1 atom stereocenters. The topological polar surface area (TPSA) is 48.1 Å². The van der Waals surface area contributed by atoms with Crippen LogP contribution in [0.2, 0.25) is 0 Å². The van der Waals surface area contributed by atoms with Crippen molar-refractivity contribution in [1.29, 1.82) is 0 Å². The second kappa shape index (κ2) is 4.97. The van der Waals surface area contributed by atoms with Gasteiger partial charge in [-0.2, -0.15) is 0 Å². The van der Waals surface area contributed by atoms with Crippen molar-refractivity contribution in [2.45, 2.75) is 19.9 Å². The molecule has 2 N–H and O–H groups in total. The number of aryl methyl sites for hydroxylation is 1. The third-order valence-electron chi connectivity index (χ3n) is 2.53. The summed E-state index contributed by atoms with van der Waals surface area (Å²) in [6.45, 7) is 3.97. The van der Waals surface area contributed by atoms with Crippen LogP contribution in [0, 0.1) is 6.92 Å². The van der Waals surface area contributed by atoms with Gasteiger partial charge in [-0.05, 0) is 31.5 Å². The average Bonchev–Trinajstić information content (AvgIpc) is 2.33. The van der Waals surface area contributed by atoms with Crippen molar-refractivity contribution in [3.63, 3.8) is 0 Å². The van der Waals surface area contributed by atoms with Crippen LogP contribution in [0.1, 0.15) is 24.1 Å². The molecule has 0 aliphatic carbocycles. The Hall–Kier alpha value is -1.87. The maximum atomic E-state index is 5.75. The van der Waals surface area contributed by atoms with E-state index >= 15 is 0 Å². The van der Waals surface area contributed by atoms with E-state index in [-0.39, 0.29) is 6.04 Å². The predicted molar refractivity (Wildman–Crippen MR) is 68.1 cm³/mol. The highest BCUT2D eigenvalue weighted by molar-refractivity contribution is 5.30. The number of aromatic nitrogens is 1. The smallest absolute Gasteiger partial charge is 0.219 e. The number of rotatable bonds is 3. The average molecular weight is 228 g/mol. The lowest BCUT2D eigenvalue weighted by Gasteiger charge is -2.07. The van der Waals surface area contributed by atoms with Gasteiger partial charge in [-0.25, -0.2) is 4.98 Å². The van der Waals surface area contributed by atoms with E-state index in [2.05, 4.69) is 4.98 Å². The SMILES string of the molecule is Cc1ccc(Oc2ccc([C@@H](C)N)cn2)cc1. The number of pyridine rings is 1. The molecular formula is C14H16N2O. The van der Waals surface area contributed by atoms with Crippen molar-refractivity contribution in [3.8, 4) is 11.6 Å². The molecule has 3 nitrogen and oxygen atoms in total. The second-order valence-electron chi connectivity index (χ2n) is 4.13. The van der Waals surface area contributed by atoms with E-state index in [9.17, 15) is 0 Å². The summed E-state index contributed by atoms with van der Waals surface area (Å²) in [5.41, 5.74) is 7.96. The number of benzene rings is 1. The van der Waals surface area contributed by atoms with Gasteiger partial charge in [0.15, 0.2) is 0 Å². The molecule has 17 heavy (non-hydrogen) atoms. The lowest BCUT2D eigenvalue weighted by Crippen LogP contribution is -2.05. The first-order chi connectivity index (χ1) is 8.15. The number of nitrogens with zero attached hydrogens (tertiary/aromatic N) is 1. The van der Waals surface area contributed by atoms with Crippen molar-refractivity contribution in [2.24, 2.45) is 5.73 Å². The summed E-state index contributed by atoms with van der Waals surface area (Å²) in [6.07, 6.45) is 1.74. The van der Waals surface area contributed by atoms with Crippen molar-refractivity contribution in [2.75, 3.05) is 0 Å². The summed E-state index contributed by atoms with van der Waals surface area (Å²) in [4.78, 5) is 4.22. The maximum Gasteiger partial charge on any atom is 0.219 e. The van der Waals surface area contributed by atoms with Gasteiger partial charge in [0.25, 0.3) is 0 Å². The fourth-order valence-corrected chi connectivity index (χ4v) is 1.45. The zero-order valence-electron chi connectivity index (χ0n) is 10.1. The molecule has 0 aliphatic rings. The van der Waals surface area contributed by atoms with Crippen LogP contribution in [-0.2, 0) is 0 Å². The molecule has 0 fully saturated rings. The fraction of sp³-hybridized carbons (Fsp3) is 0.214. The summed E-state index contributed by atoms with van der Waals surface area (Å²) in [5.74, 6) is 1.37. The fourth-order valence-electron chi connectivity index (χ4n) is 1.45. The highest BCUT2D eigenvalue weighted by Crippen LogP contribution is 2.20. The van der Waals surface area contributed by atoms with Gasteiger partial charge in [-0.1, -0.05) is 23.8 Å². The first-order valence-corrected chi connectivity index (χ1v) is 5.61. The zero-order valence-corrected chi connectivity index (χ0v) is 10.1. The molecule has 0 aliphatic heterocycles. The van der Waals surface area contributed by atoms with Gasteiger partial charge < -0.3 is 10.5 Å². The van der Waals surface area contributed by atoms with E-state index in [0.717, 1.165) is 11.3 Å². The van der Waals surface area contributed by atoms with Gasteiger partial charge in [-0.3, -0.25) is 0 Å². The minimum Gasteiger partial charge on any atom is -0.439 e. The molecule has 0 saturated carbocycles. The number of hydrogen-bond acceptors (Lipinski definition) is 3. The Balaban J connectivity index is 2.11. The molecule has 1 aromatic heterocycles. The summed E-state index contributed by atoms with van der Waals surface area (Å²) in [7, 11) is 0. The summed E-state index contributed by atoms with van der Waals surface area (Å²) in [6, 6.07) is 11.6. The molecule has 1 heterocycles. The molecule has 0 radical (unpaired) electrons. The van der Waals surface area contributed by atoms with Crippen LogP contribution in [0.15, 0.2) is 42.6 Å². The molecule has 2 aromatic rings. The molecular weight excluding hydrogens is 212 g/mol. The maximum absolute atomic E-state index is 5.75. The van der Waals surface area contributed by atoms with Crippen LogP contribution < -0.4 is 10.5 Å². The minimum absolute atomic E-state index is 0.00377. The molecule has 2 rings (SSSR count). The Kier molecular flexibility index (Phi) is 3.40. The van der Waals surface area contributed by atoms with Crippen LogP contribution in [0.5, 0.6) is 11.6 Å². The molecule has 0 amide bonds. The Morgan fingerprint density at radius 1 is 1.12 bits per heavy atom. The highest BCUT2D eigenvalue weighted by atomic mass is 16.5. The third kappa shape index (κ3) is 3.04. The molecule has 0 bridgehead atoms. The van der Waals surface area contributed by atoms with Crippen LogP contribution in [0.4, 0.5) is 0 Å². The monoisotopic (exact) mass is 228 g/mol. The van der Waals surface area contributed by atoms with Crippen molar-refractivity contribution < 1.29 is 4.74 Å². The highest BCUT2D eigenvalue weighted by Gasteiger charge is 2.01. The van der Waals surface area contributed by atoms with Gasteiger partial charge >= 0.3 is 0 Å². The predicted octanol–water partition coefficient (Wildman–Crippen LogP) is 3.20. The molecule has 3 heteroatoms. The first-order valence-electron chi connectivity index (χ1n) is 5.61. The van der Waals surface area contributed by atoms with E-state index < -0.39 is 0 Å². The van der Waals surface area contributed by atoms with Gasteiger partial charge in [0.1, 0.15) is 5.75 Å². The Morgan fingerprint density at radius 2 is 1.82 bits per heavy atom. The standard InChI is InChI=1S/C14H16N2O/c1-10-3-6-13(7-4-10)17-14-8-5-12(9-16-14)11(2)15/h3-9,11H,15H2,1-2H3/t11-/m1/s1. The second-order valence-corrected chi connectivity index (χ2v) is 4.13. The molecule has 1 aromatic carbocycles. The van der Waals surface area contributed by atoms with E-state index in [1.807, 2.05) is 50.2 Å². The third-order valence-corrected chi connectivity index (χ3v) is 2.53. The largest absolute Gasteiger partial charge is 0.439 e.